The summed E-state index contributed by atoms with van der Waals surface area (Å²) in [5, 5.41) is 6.53. The van der Waals surface area contributed by atoms with Gasteiger partial charge in [-0.3, -0.25) is 4.99 Å². The molecule has 0 aliphatic carbocycles. The van der Waals surface area contributed by atoms with E-state index in [2.05, 4.69) is 15.6 Å². The van der Waals surface area contributed by atoms with Crippen molar-refractivity contribution < 1.29 is 9.15 Å². The largest absolute Gasteiger partial charge is 0.469 e. The lowest BCUT2D eigenvalue weighted by Crippen LogP contribution is -2.41. The molecular formula is C13H21N3O2. The van der Waals surface area contributed by atoms with Gasteiger partial charge in [-0.25, -0.2) is 0 Å². The zero-order valence-corrected chi connectivity index (χ0v) is 10.8. The highest BCUT2D eigenvalue weighted by molar-refractivity contribution is 5.79. The Morgan fingerprint density at radius 3 is 3.11 bits per heavy atom. The molecule has 0 saturated carbocycles. The predicted octanol–water partition coefficient (Wildman–Crippen LogP) is 1.17. The van der Waals surface area contributed by atoms with E-state index in [1.54, 1.807) is 13.3 Å². The second-order valence-electron chi connectivity index (χ2n) is 4.34. The third kappa shape index (κ3) is 4.07. The number of guanidine groups is 1. The molecule has 1 atom stereocenters. The molecule has 1 saturated heterocycles. The van der Waals surface area contributed by atoms with Crippen molar-refractivity contribution in [3.8, 4) is 0 Å². The summed E-state index contributed by atoms with van der Waals surface area (Å²) in [5.41, 5.74) is 0. The molecule has 5 nitrogen and oxygen atoms in total. The first-order valence-electron chi connectivity index (χ1n) is 6.47. The fourth-order valence-electron chi connectivity index (χ4n) is 2.00. The molecule has 1 unspecified atom stereocenters. The predicted molar refractivity (Wildman–Crippen MR) is 70.8 cm³/mol. The summed E-state index contributed by atoms with van der Waals surface area (Å²) < 4.78 is 10.8. The molecule has 1 aromatic heterocycles. The summed E-state index contributed by atoms with van der Waals surface area (Å²) in [4.78, 5) is 4.18. The Hall–Kier alpha value is -1.49. The number of nitrogens with zero attached hydrogens (tertiary/aromatic N) is 1. The highest BCUT2D eigenvalue weighted by atomic mass is 16.5. The van der Waals surface area contributed by atoms with Gasteiger partial charge in [-0.15, -0.1) is 0 Å². The van der Waals surface area contributed by atoms with E-state index < -0.39 is 0 Å². The highest BCUT2D eigenvalue weighted by Gasteiger charge is 2.15. The van der Waals surface area contributed by atoms with Crippen LogP contribution in [-0.2, 0) is 11.2 Å². The number of hydrogen-bond donors (Lipinski definition) is 2. The van der Waals surface area contributed by atoms with E-state index in [-0.39, 0.29) is 0 Å². The number of furan rings is 1. The Kier molecular flexibility index (Phi) is 5.08. The van der Waals surface area contributed by atoms with Crippen molar-refractivity contribution >= 4 is 5.96 Å². The van der Waals surface area contributed by atoms with Gasteiger partial charge in [0.05, 0.1) is 12.4 Å². The molecule has 1 aliphatic rings. The third-order valence-corrected chi connectivity index (χ3v) is 2.99. The van der Waals surface area contributed by atoms with Crippen LogP contribution in [0.5, 0.6) is 0 Å². The molecule has 0 aromatic carbocycles. The van der Waals surface area contributed by atoms with E-state index in [9.17, 15) is 0 Å². The molecule has 2 rings (SSSR count). The van der Waals surface area contributed by atoms with Crippen molar-refractivity contribution in [3.63, 3.8) is 0 Å². The first kappa shape index (κ1) is 13.0. The lowest BCUT2D eigenvalue weighted by Gasteiger charge is -2.14. The molecule has 2 heterocycles. The van der Waals surface area contributed by atoms with Crippen molar-refractivity contribution in [2.75, 3.05) is 26.7 Å². The fraction of sp³-hybridized carbons (Fsp3) is 0.615. The van der Waals surface area contributed by atoms with Crippen molar-refractivity contribution in [2.45, 2.75) is 25.4 Å². The minimum atomic E-state index is 0.327. The van der Waals surface area contributed by atoms with Crippen LogP contribution in [0.15, 0.2) is 27.8 Å². The first-order valence-corrected chi connectivity index (χ1v) is 6.47. The normalized spacial score (nSPS) is 20.1. The number of aliphatic imine (C=N–C) groups is 1. The smallest absolute Gasteiger partial charge is 0.191 e. The van der Waals surface area contributed by atoms with Crippen LogP contribution < -0.4 is 10.6 Å². The zero-order chi connectivity index (χ0) is 12.6. The van der Waals surface area contributed by atoms with Gasteiger partial charge in [0.1, 0.15) is 5.76 Å². The Morgan fingerprint density at radius 1 is 1.50 bits per heavy atom. The van der Waals surface area contributed by atoms with Crippen molar-refractivity contribution in [3.05, 3.63) is 24.2 Å². The molecule has 0 bridgehead atoms. The molecule has 18 heavy (non-hydrogen) atoms. The minimum Gasteiger partial charge on any atom is -0.469 e. The van der Waals surface area contributed by atoms with Crippen molar-refractivity contribution in [1.29, 1.82) is 0 Å². The molecular weight excluding hydrogens is 230 g/mol. The maximum atomic E-state index is 5.55. The lowest BCUT2D eigenvalue weighted by molar-refractivity contribution is 0.114. The van der Waals surface area contributed by atoms with E-state index in [4.69, 9.17) is 9.15 Å². The van der Waals surface area contributed by atoms with Crippen molar-refractivity contribution in [2.24, 2.45) is 4.99 Å². The Bertz CT molecular complexity index is 356. The second kappa shape index (κ2) is 7.06. The van der Waals surface area contributed by atoms with Gasteiger partial charge in [0.2, 0.25) is 0 Å². The van der Waals surface area contributed by atoms with E-state index in [1.165, 1.54) is 0 Å². The topological polar surface area (TPSA) is 58.8 Å². The van der Waals surface area contributed by atoms with E-state index >= 15 is 0 Å². The summed E-state index contributed by atoms with van der Waals surface area (Å²) in [6, 6.07) is 3.88. The maximum absolute atomic E-state index is 5.55. The molecule has 0 amide bonds. The molecule has 0 spiro atoms. The van der Waals surface area contributed by atoms with Crippen LogP contribution >= 0.6 is 0 Å². The van der Waals surface area contributed by atoms with Crippen LogP contribution in [0.3, 0.4) is 0 Å². The monoisotopic (exact) mass is 251 g/mol. The van der Waals surface area contributed by atoms with Gasteiger partial charge in [0.25, 0.3) is 0 Å². The number of nitrogens with one attached hydrogen (secondary N) is 2. The summed E-state index contributed by atoms with van der Waals surface area (Å²) in [6.07, 6.45) is 5.18. The lowest BCUT2D eigenvalue weighted by atomic mass is 10.2. The molecule has 2 N–H and O–H groups in total. The summed E-state index contributed by atoms with van der Waals surface area (Å²) >= 11 is 0. The third-order valence-electron chi connectivity index (χ3n) is 2.99. The van der Waals surface area contributed by atoms with Gasteiger partial charge in [0.15, 0.2) is 5.96 Å². The highest BCUT2D eigenvalue weighted by Crippen LogP contribution is 2.10. The quantitative estimate of drug-likeness (QED) is 0.609. The van der Waals surface area contributed by atoms with E-state index in [1.807, 2.05) is 12.1 Å². The fourth-order valence-corrected chi connectivity index (χ4v) is 2.00. The van der Waals surface area contributed by atoms with Crippen LogP contribution in [0.1, 0.15) is 18.6 Å². The van der Waals surface area contributed by atoms with E-state index in [0.29, 0.717) is 6.10 Å². The Balaban J connectivity index is 1.62. The molecule has 0 radical (unpaired) electrons. The molecule has 1 fully saturated rings. The number of ether oxygens (including phenoxy) is 1. The SMILES string of the molecule is CN=C(NCCc1ccco1)NCC1CCCO1. The summed E-state index contributed by atoms with van der Waals surface area (Å²) in [7, 11) is 1.78. The van der Waals surface area contributed by atoms with Crippen LogP contribution in [0.2, 0.25) is 0 Å². The Morgan fingerprint density at radius 2 is 2.44 bits per heavy atom. The van der Waals surface area contributed by atoms with Gasteiger partial charge >= 0.3 is 0 Å². The standard InChI is InChI=1S/C13H21N3O2/c1-14-13(16-10-12-5-3-9-18-12)15-7-6-11-4-2-8-17-11/h2,4,8,12H,3,5-7,9-10H2,1H3,(H2,14,15,16). The summed E-state index contributed by atoms with van der Waals surface area (Å²) in [6.45, 7) is 2.51. The van der Waals surface area contributed by atoms with E-state index in [0.717, 1.165) is 50.7 Å². The van der Waals surface area contributed by atoms with Crippen molar-refractivity contribution in [1.82, 2.24) is 10.6 Å². The number of hydrogen-bond acceptors (Lipinski definition) is 3. The number of rotatable bonds is 5. The Labute approximate surface area is 108 Å². The van der Waals surface area contributed by atoms with Gasteiger partial charge in [-0.2, -0.15) is 0 Å². The summed E-state index contributed by atoms with van der Waals surface area (Å²) in [5.74, 6) is 1.80. The van der Waals surface area contributed by atoms with Crippen LogP contribution in [0, 0.1) is 0 Å². The molecule has 5 heteroatoms. The minimum absolute atomic E-state index is 0.327. The van der Waals surface area contributed by atoms with Crippen LogP contribution in [-0.4, -0.2) is 38.8 Å². The van der Waals surface area contributed by atoms with Gasteiger partial charge < -0.3 is 19.8 Å². The molecule has 100 valence electrons. The average Bonchev–Trinajstić information content (AvgIpc) is 3.06. The molecule has 1 aliphatic heterocycles. The van der Waals surface area contributed by atoms with Gasteiger partial charge in [-0.05, 0) is 25.0 Å². The van der Waals surface area contributed by atoms with Gasteiger partial charge in [0, 0.05) is 33.2 Å². The molecule has 1 aromatic rings. The van der Waals surface area contributed by atoms with Crippen LogP contribution in [0.25, 0.3) is 0 Å². The second-order valence-corrected chi connectivity index (χ2v) is 4.34. The first-order chi connectivity index (χ1) is 8.88. The zero-order valence-electron chi connectivity index (χ0n) is 10.8. The average molecular weight is 251 g/mol. The maximum Gasteiger partial charge on any atom is 0.191 e. The van der Waals surface area contributed by atoms with Crippen LogP contribution in [0.4, 0.5) is 0 Å². The van der Waals surface area contributed by atoms with Gasteiger partial charge in [-0.1, -0.05) is 0 Å².